The molecule has 0 amide bonds. The number of pyridine rings is 1. The Kier molecular flexibility index (Phi) is 5.60. The zero-order valence-electron chi connectivity index (χ0n) is 16.6. The van der Waals surface area contributed by atoms with Gasteiger partial charge in [0, 0.05) is 44.1 Å². The number of hydrogen-bond donors (Lipinski definition) is 1. The normalized spacial score (nSPS) is 18.4. The highest BCUT2D eigenvalue weighted by atomic mass is 16.6. The van der Waals surface area contributed by atoms with E-state index in [1.54, 1.807) is 31.6 Å². The van der Waals surface area contributed by atoms with Crippen molar-refractivity contribution in [1.82, 2.24) is 14.8 Å². The molecule has 1 saturated heterocycles. The lowest BCUT2D eigenvalue weighted by atomic mass is 10.2. The molecule has 0 spiro atoms. The van der Waals surface area contributed by atoms with Crippen molar-refractivity contribution in [3.63, 3.8) is 0 Å². The van der Waals surface area contributed by atoms with Crippen LogP contribution in [0.5, 0.6) is 5.75 Å². The molecule has 0 saturated carbocycles. The van der Waals surface area contributed by atoms with E-state index >= 15 is 0 Å². The lowest BCUT2D eigenvalue weighted by molar-refractivity contribution is -0.130. The van der Waals surface area contributed by atoms with Crippen LogP contribution in [0.3, 0.4) is 0 Å². The summed E-state index contributed by atoms with van der Waals surface area (Å²) in [6, 6.07) is 12.7. The molecule has 30 heavy (non-hydrogen) atoms. The minimum atomic E-state index is -0.466. The molecule has 0 radical (unpaired) electrons. The number of ether oxygens (including phenoxy) is 2. The molecule has 1 aromatic carbocycles. The molecule has 1 aromatic heterocycles. The van der Waals surface area contributed by atoms with Crippen molar-refractivity contribution in [2.45, 2.75) is 0 Å². The van der Waals surface area contributed by atoms with Crippen molar-refractivity contribution < 1.29 is 14.3 Å². The van der Waals surface area contributed by atoms with Crippen LogP contribution in [0, 0.1) is 0 Å². The molecule has 0 atom stereocenters. The second-order valence-corrected chi connectivity index (χ2v) is 6.73. The van der Waals surface area contributed by atoms with Crippen molar-refractivity contribution in [3.8, 4) is 5.75 Å². The van der Waals surface area contributed by atoms with Gasteiger partial charge in [0.15, 0.2) is 17.5 Å². The minimum Gasteiger partial charge on any atom is -0.497 e. The first-order chi connectivity index (χ1) is 14.6. The molecule has 0 unspecified atom stereocenters. The zero-order valence-corrected chi connectivity index (χ0v) is 16.6. The van der Waals surface area contributed by atoms with E-state index < -0.39 is 5.97 Å². The number of carbonyl (C=O) groups excluding carboxylic acids is 1. The summed E-state index contributed by atoms with van der Waals surface area (Å²) in [5, 5.41) is 0. The number of hydrogen-bond acceptors (Lipinski definition) is 7. The van der Waals surface area contributed by atoms with Gasteiger partial charge >= 0.3 is 5.97 Å². The van der Waals surface area contributed by atoms with Crippen molar-refractivity contribution >= 4 is 23.6 Å². The van der Waals surface area contributed by atoms with Gasteiger partial charge in [-0.3, -0.25) is 0 Å². The van der Waals surface area contributed by atoms with Gasteiger partial charge in [0.1, 0.15) is 5.75 Å². The van der Waals surface area contributed by atoms with E-state index in [4.69, 9.17) is 15.2 Å². The minimum absolute atomic E-state index is 0.274. The number of benzene rings is 1. The lowest BCUT2D eigenvalue weighted by Gasteiger charge is -2.34. The molecule has 9 nitrogen and oxygen atoms in total. The first kappa shape index (κ1) is 19.4. The Hall–Kier alpha value is -3.88. The van der Waals surface area contributed by atoms with Gasteiger partial charge in [0.25, 0.3) is 0 Å². The second kappa shape index (κ2) is 8.64. The summed E-state index contributed by atoms with van der Waals surface area (Å²) in [6.07, 6.45) is 3.41. The van der Waals surface area contributed by atoms with Crippen LogP contribution in [-0.4, -0.2) is 65.9 Å². The van der Waals surface area contributed by atoms with Gasteiger partial charge in [0.2, 0.25) is 5.90 Å². The fourth-order valence-electron chi connectivity index (χ4n) is 3.14. The molecule has 2 N–H and O–H groups in total. The van der Waals surface area contributed by atoms with Crippen LogP contribution < -0.4 is 10.5 Å². The number of esters is 1. The van der Waals surface area contributed by atoms with Crippen molar-refractivity contribution in [2.75, 3.05) is 33.3 Å². The molecule has 3 heterocycles. The highest BCUT2D eigenvalue weighted by Gasteiger charge is 2.26. The van der Waals surface area contributed by atoms with Gasteiger partial charge in [0.05, 0.1) is 7.11 Å². The van der Waals surface area contributed by atoms with E-state index in [0.29, 0.717) is 49.3 Å². The Bertz CT molecular complexity index is 1010. The predicted molar refractivity (Wildman–Crippen MR) is 112 cm³/mol. The average molecular weight is 406 g/mol. The maximum atomic E-state index is 12.2. The van der Waals surface area contributed by atoms with Crippen LogP contribution in [0.4, 0.5) is 5.82 Å². The molecule has 154 valence electrons. The Labute approximate surface area is 174 Å². The van der Waals surface area contributed by atoms with Crippen molar-refractivity contribution in [2.24, 2.45) is 15.7 Å². The van der Waals surface area contributed by atoms with Crippen LogP contribution in [-0.2, 0) is 9.53 Å². The summed E-state index contributed by atoms with van der Waals surface area (Å²) >= 11 is 0. The van der Waals surface area contributed by atoms with E-state index in [-0.39, 0.29) is 11.6 Å². The van der Waals surface area contributed by atoms with Gasteiger partial charge in [-0.05, 0) is 30.3 Å². The van der Waals surface area contributed by atoms with E-state index in [0.717, 1.165) is 0 Å². The van der Waals surface area contributed by atoms with Gasteiger partial charge in [-0.1, -0.05) is 12.1 Å². The summed E-state index contributed by atoms with van der Waals surface area (Å²) in [5.41, 5.74) is 7.08. The highest BCUT2D eigenvalue weighted by molar-refractivity contribution is 6.11. The SMILES string of the molecule is COc1cccc(C2=NC(=CN3CCN(/C(N)=N/c4ccccn4)CC3)C(=O)O2)c1. The summed E-state index contributed by atoms with van der Waals surface area (Å²) in [6.45, 7) is 2.71. The number of nitrogens with two attached hydrogens (primary N) is 1. The fraction of sp³-hybridized carbons (Fsp3) is 0.238. The molecule has 4 rings (SSSR count). The van der Waals surface area contributed by atoms with E-state index in [1.165, 1.54) is 0 Å². The largest absolute Gasteiger partial charge is 0.497 e. The van der Waals surface area contributed by atoms with Crippen LogP contribution in [0.1, 0.15) is 5.56 Å². The van der Waals surface area contributed by atoms with Crippen LogP contribution in [0.2, 0.25) is 0 Å². The summed E-state index contributed by atoms with van der Waals surface area (Å²) in [7, 11) is 1.58. The topological polar surface area (TPSA) is 106 Å². The standard InChI is InChI=1S/C21H22N6O3/c1-29-16-6-4-5-15(13-16)19-24-17(20(28)30-19)14-26-9-11-27(12-10-26)21(22)25-18-7-2-3-8-23-18/h2-8,13-14H,9-12H2,1H3,(H2,22,23,25). The molecule has 1 fully saturated rings. The molecule has 9 heteroatoms. The third-order valence-electron chi connectivity index (χ3n) is 4.76. The Balaban J connectivity index is 1.40. The number of methoxy groups -OCH3 is 1. The van der Waals surface area contributed by atoms with Gasteiger partial charge in [-0.2, -0.15) is 4.99 Å². The van der Waals surface area contributed by atoms with E-state index in [2.05, 4.69) is 15.0 Å². The number of piperazine rings is 1. The van der Waals surface area contributed by atoms with Crippen LogP contribution in [0.15, 0.2) is 70.5 Å². The highest BCUT2D eigenvalue weighted by Crippen LogP contribution is 2.20. The lowest BCUT2D eigenvalue weighted by Crippen LogP contribution is -2.49. The third-order valence-corrected chi connectivity index (χ3v) is 4.76. The fourth-order valence-corrected chi connectivity index (χ4v) is 3.14. The number of guanidine groups is 1. The number of nitrogens with zero attached hydrogens (tertiary/aromatic N) is 5. The molecule has 2 aliphatic heterocycles. The molecular weight excluding hydrogens is 384 g/mol. The van der Waals surface area contributed by atoms with Gasteiger partial charge in [-0.25, -0.2) is 14.8 Å². The summed E-state index contributed by atoms with van der Waals surface area (Å²) in [4.78, 5) is 29.1. The number of carbonyl (C=O) groups is 1. The van der Waals surface area contributed by atoms with Gasteiger partial charge in [-0.15, -0.1) is 0 Å². The quantitative estimate of drug-likeness (QED) is 0.355. The smallest absolute Gasteiger partial charge is 0.365 e. The first-order valence-electron chi connectivity index (χ1n) is 9.54. The summed E-state index contributed by atoms with van der Waals surface area (Å²) in [5.74, 6) is 1.49. The Morgan fingerprint density at radius 2 is 2.03 bits per heavy atom. The molecule has 0 aliphatic carbocycles. The number of rotatable bonds is 4. The van der Waals surface area contributed by atoms with Crippen LogP contribution >= 0.6 is 0 Å². The maximum absolute atomic E-state index is 12.2. The first-order valence-corrected chi connectivity index (χ1v) is 9.54. The number of aromatic nitrogens is 1. The third kappa shape index (κ3) is 4.40. The Morgan fingerprint density at radius 3 is 2.77 bits per heavy atom. The molecule has 0 bridgehead atoms. The van der Waals surface area contributed by atoms with E-state index in [9.17, 15) is 4.79 Å². The van der Waals surface area contributed by atoms with Crippen LogP contribution in [0.25, 0.3) is 0 Å². The van der Waals surface area contributed by atoms with Crippen molar-refractivity contribution in [3.05, 3.63) is 66.1 Å². The monoisotopic (exact) mass is 406 g/mol. The Morgan fingerprint density at radius 1 is 1.20 bits per heavy atom. The molecule has 2 aromatic rings. The van der Waals surface area contributed by atoms with Crippen molar-refractivity contribution in [1.29, 1.82) is 0 Å². The molecule has 2 aliphatic rings. The van der Waals surface area contributed by atoms with Gasteiger partial charge < -0.3 is 25.0 Å². The molecular formula is C21H22N6O3. The maximum Gasteiger partial charge on any atom is 0.365 e. The average Bonchev–Trinajstić information content (AvgIpc) is 3.15. The number of aliphatic imine (C=N–C) groups is 2. The second-order valence-electron chi connectivity index (χ2n) is 6.73. The zero-order chi connectivity index (χ0) is 20.9. The summed E-state index contributed by atoms with van der Waals surface area (Å²) < 4.78 is 10.5. The van der Waals surface area contributed by atoms with E-state index in [1.807, 2.05) is 40.1 Å². The predicted octanol–water partition coefficient (Wildman–Crippen LogP) is 1.50. The number of cyclic esters (lactones) is 1.